The maximum Gasteiger partial charge on any atom is 0.0281 e. The highest BCUT2D eigenvalue weighted by Crippen LogP contribution is 2.35. The van der Waals surface area contributed by atoms with E-state index in [0.29, 0.717) is 6.04 Å². The highest BCUT2D eigenvalue weighted by Gasteiger charge is 2.40. The van der Waals surface area contributed by atoms with Crippen LogP contribution in [0.4, 0.5) is 0 Å². The minimum Gasteiger partial charge on any atom is -0.311 e. The molecule has 2 nitrogen and oxygen atoms in total. The predicted molar refractivity (Wildman–Crippen MR) is 69.8 cm³/mol. The van der Waals surface area contributed by atoms with Crippen LogP contribution in [0.25, 0.3) is 0 Å². The number of rotatable bonds is 3. The van der Waals surface area contributed by atoms with Gasteiger partial charge in [0.1, 0.15) is 0 Å². The summed E-state index contributed by atoms with van der Waals surface area (Å²) in [6.45, 7) is 9.98. The standard InChI is InChI=1S/C13H23ClN2/c1-10(6-14)7-16-8-12(11-4-5-11)15-9-13(16,2)3/h6,11-12,15H,4-5,7-9H2,1-3H3. The Morgan fingerprint density at radius 3 is 2.75 bits per heavy atom. The van der Waals surface area contributed by atoms with E-state index in [1.54, 1.807) is 5.54 Å². The van der Waals surface area contributed by atoms with Gasteiger partial charge in [-0.3, -0.25) is 4.90 Å². The van der Waals surface area contributed by atoms with Crippen LogP contribution in [0.2, 0.25) is 0 Å². The number of nitrogens with zero attached hydrogens (tertiary/aromatic N) is 1. The van der Waals surface area contributed by atoms with E-state index in [9.17, 15) is 0 Å². The van der Waals surface area contributed by atoms with Crippen LogP contribution in [0, 0.1) is 5.92 Å². The van der Waals surface area contributed by atoms with Crippen molar-refractivity contribution in [2.75, 3.05) is 19.6 Å². The van der Waals surface area contributed by atoms with Crippen LogP contribution >= 0.6 is 11.6 Å². The Morgan fingerprint density at radius 2 is 2.19 bits per heavy atom. The molecule has 3 heteroatoms. The Hall–Kier alpha value is -0.0500. The van der Waals surface area contributed by atoms with Crippen LogP contribution in [0.15, 0.2) is 11.1 Å². The van der Waals surface area contributed by atoms with Gasteiger partial charge in [-0.15, -0.1) is 0 Å². The second-order valence-electron chi connectivity index (χ2n) is 5.97. The first-order valence-corrected chi connectivity index (χ1v) is 6.71. The second kappa shape index (κ2) is 4.67. The summed E-state index contributed by atoms with van der Waals surface area (Å²) in [6.07, 6.45) is 2.83. The molecule has 0 amide bonds. The van der Waals surface area contributed by atoms with Gasteiger partial charge in [-0.25, -0.2) is 0 Å². The van der Waals surface area contributed by atoms with Crippen molar-refractivity contribution in [2.45, 2.75) is 45.2 Å². The average molecular weight is 243 g/mol. The van der Waals surface area contributed by atoms with Gasteiger partial charge in [-0.1, -0.05) is 11.6 Å². The van der Waals surface area contributed by atoms with Crippen molar-refractivity contribution < 1.29 is 0 Å². The lowest BCUT2D eigenvalue weighted by Gasteiger charge is -2.46. The van der Waals surface area contributed by atoms with Crippen molar-refractivity contribution in [1.29, 1.82) is 0 Å². The summed E-state index contributed by atoms with van der Waals surface area (Å²) in [5, 5.41) is 3.70. The monoisotopic (exact) mass is 242 g/mol. The molecule has 2 fully saturated rings. The molecule has 1 unspecified atom stereocenters. The third kappa shape index (κ3) is 2.79. The zero-order chi connectivity index (χ0) is 11.8. The van der Waals surface area contributed by atoms with Gasteiger partial charge in [-0.05, 0) is 45.1 Å². The molecule has 0 aromatic heterocycles. The highest BCUT2D eigenvalue weighted by atomic mass is 35.5. The maximum atomic E-state index is 5.77. The van der Waals surface area contributed by atoms with Crippen molar-refractivity contribution in [3.05, 3.63) is 11.1 Å². The molecular weight excluding hydrogens is 220 g/mol. The molecule has 0 aromatic rings. The Balaban J connectivity index is 1.99. The zero-order valence-corrected chi connectivity index (χ0v) is 11.3. The van der Waals surface area contributed by atoms with Crippen LogP contribution in [0.5, 0.6) is 0 Å². The Labute approximate surface area is 104 Å². The van der Waals surface area contributed by atoms with Crippen LogP contribution in [-0.4, -0.2) is 36.1 Å². The van der Waals surface area contributed by atoms with E-state index in [1.165, 1.54) is 25.0 Å². The number of nitrogens with one attached hydrogen (secondary N) is 1. The molecular formula is C13H23ClN2. The van der Waals surface area contributed by atoms with Gasteiger partial charge in [-0.2, -0.15) is 0 Å². The molecule has 1 heterocycles. The number of halogens is 1. The van der Waals surface area contributed by atoms with Crippen molar-refractivity contribution in [2.24, 2.45) is 5.92 Å². The number of hydrogen-bond donors (Lipinski definition) is 1. The minimum absolute atomic E-state index is 0.243. The lowest BCUT2D eigenvalue weighted by atomic mass is 9.95. The summed E-state index contributed by atoms with van der Waals surface area (Å²) in [4.78, 5) is 2.57. The molecule has 1 N–H and O–H groups in total. The Bertz CT molecular complexity index is 282. The van der Waals surface area contributed by atoms with Crippen molar-refractivity contribution in [3.8, 4) is 0 Å². The van der Waals surface area contributed by atoms with Gasteiger partial charge >= 0.3 is 0 Å². The summed E-state index contributed by atoms with van der Waals surface area (Å²) in [5.41, 5.74) is 3.21. The van der Waals surface area contributed by atoms with Gasteiger partial charge in [0.05, 0.1) is 0 Å². The third-order valence-electron chi connectivity index (χ3n) is 3.89. The van der Waals surface area contributed by atoms with Gasteiger partial charge in [0.2, 0.25) is 0 Å². The molecule has 16 heavy (non-hydrogen) atoms. The van der Waals surface area contributed by atoms with Gasteiger partial charge in [0.25, 0.3) is 0 Å². The minimum atomic E-state index is 0.243. The molecule has 0 bridgehead atoms. The third-order valence-corrected chi connectivity index (χ3v) is 4.26. The van der Waals surface area contributed by atoms with E-state index >= 15 is 0 Å². The molecule has 2 aliphatic rings. The average Bonchev–Trinajstić information content (AvgIpc) is 3.04. The van der Waals surface area contributed by atoms with Crippen LogP contribution < -0.4 is 5.32 Å². The molecule has 1 aliphatic carbocycles. The normalized spacial score (nSPS) is 31.8. The lowest BCUT2D eigenvalue weighted by molar-refractivity contribution is 0.0702. The summed E-state index contributed by atoms with van der Waals surface area (Å²) in [5.74, 6) is 0.930. The smallest absolute Gasteiger partial charge is 0.0281 e. The van der Waals surface area contributed by atoms with Crippen molar-refractivity contribution in [1.82, 2.24) is 10.2 Å². The fourth-order valence-corrected chi connectivity index (χ4v) is 2.54. The largest absolute Gasteiger partial charge is 0.311 e. The molecule has 2 rings (SSSR count). The molecule has 92 valence electrons. The zero-order valence-electron chi connectivity index (χ0n) is 10.6. The van der Waals surface area contributed by atoms with E-state index in [-0.39, 0.29) is 5.54 Å². The lowest BCUT2D eigenvalue weighted by Crippen LogP contribution is -2.62. The molecule has 1 saturated carbocycles. The quantitative estimate of drug-likeness (QED) is 0.819. The van der Waals surface area contributed by atoms with Gasteiger partial charge < -0.3 is 5.32 Å². The van der Waals surface area contributed by atoms with E-state index in [1.807, 2.05) is 0 Å². The summed E-state index contributed by atoms with van der Waals surface area (Å²) >= 11 is 5.77. The highest BCUT2D eigenvalue weighted by molar-refractivity contribution is 6.25. The molecule has 1 atom stereocenters. The predicted octanol–water partition coefficient (Wildman–Crippen LogP) is 2.59. The summed E-state index contributed by atoms with van der Waals surface area (Å²) < 4.78 is 0. The summed E-state index contributed by atoms with van der Waals surface area (Å²) in [6, 6.07) is 0.705. The summed E-state index contributed by atoms with van der Waals surface area (Å²) in [7, 11) is 0. The second-order valence-corrected chi connectivity index (χ2v) is 6.19. The molecule has 1 saturated heterocycles. The van der Waals surface area contributed by atoms with Gasteiger partial charge in [0.15, 0.2) is 0 Å². The Morgan fingerprint density at radius 1 is 1.50 bits per heavy atom. The van der Waals surface area contributed by atoms with Crippen molar-refractivity contribution in [3.63, 3.8) is 0 Å². The molecule has 0 radical (unpaired) electrons. The van der Waals surface area contributed by atoms with E-state index < -0.39 is 0 Å². The van der Waals surface area contributed by atoms with Crippen LogP contribution in [-0.2, 0) is 0 Å². The van der Waals surface area contributed by atoms with Crippen LogP contribution in [0.1, 0.15) is 33.6 Å². The van der Waals surface area contributed by atoms with Crippen molar-refractivity contribution >= 4 is 11.6 Å². The van der Waals surface area contributed by atoms with Gasteiger partial charge in [0, 0.05) is 36.8 Å². The SMILES string of the molecule is CC(=CCl)CN1CC(C2CC2)NCC1(C)C. The molecule has 1 aliphatic heterocycles. The first-order valence-electron chi connectivity index (χ1n) is 6.27. The number of piperazine rings is 1. The first kappa shape index (κ1) is 12.4. The fourth-order valence-electron chi connectivity index (χ4n) is 2.47. The molecule has 0 spiro atoms. The Kier molecular flexibility index (Phi) is 3.62. The van der Waals surface area contributed by atoms with E-state index in [2.05, 4.69) is 31.0 Å². The first-order chi connectivity index (χ1) is 7.53. The molecule has 0 aromatic carbocycles. The maximum absolute atomic E-state index is 5.77. The van der Waals surface area contributed by atoms with Crippen LogP contribution in [0.3, 0.4) is 0 Å². The number of hydrogen-bond acceptors (Lipinski definition) is 2. The topological polar surface area (TPSA) is 15.3 Å². The van der Waals surface area contributed by atoms with E-state index in [0.717, 1.165) is 19.0 Å². The van der Waals surface area contributed by atoms with E-state index in [4.69, 9.17) is 11.6 Å². The fraction of sp³-hybridized carbons (Fsp3) is 0.846.